The molecule has 0 aromatic heterocycles. The van der Waals surface area contributed by atoms with Gasteiger partial charge in [0.05, 0.1) is 6.04 Å². The fraction of sp³-hybridized carbons (Fsp3) is 0.500. The number of rotatable bonds is 3. The third kappa shape index (κ3) is 2.26. The van der Waals surface area contributed by atoms with Crippen molar-refractivity contribution >= 4 is 11.7 Å². The summed E-state index contributed by atoms with van der Waals surface area (Å²) in [6.45, 7) is 4.27. The van der Waals surface area contributed by atoms with Crippen LogP contribution in [0.1, 0.15) is 5.56 Å². The SMILES string of the molecule is CNCc1ccccc1N1CCN2C(=O)NCC2C1. The zero-order valence-electron chi connectivity index (χ0n) is 11.2. The van der Waals surface area contributed by atoms with Gasteiger partial charge in [0.2, 0.25) is 0 Å². The quantitative estimate of drug-likeness (QED) is 0.837. The Labute approximate surface area is 113 Å². The van der Waals surface area contributed by atoms with E-state index in [0.717, 1.165) is 32.7 Å². The van der Waals surface area contributed by atoms with E-state index in [2.05, 4.69) is 39.8 Å². The molecule has 1 unspecified atom stereocenters. The lowest BCUT2D eigenvalue weighted by atomic mass is 10.1. The summed E-state index contributed by atoms with van der Waals surface area (Å²) >= 11 is 0. The van der Waals surface area contributed by atoms with Gasteiger partial charge in [0, 0.05) is 38.4 Å². The second kappa shape index (κ2) is 5.09. The molecule has 5 nitrogen and oxygen atoms in total. The second-order valence-corrected chi connectivity index (χ2v) is 5.14. The third-order valence-corrected chi connectivity index (χ3v) is 3.93. The molecule has 1 atom stereocenters. The Morgan fingerprint density at radius 2 is 2.21 bits per heavy atom. The molecule has 2 aliphatic rings. The molecule has 0 saturated carbocycles. The molecule has 2 amide bonds. The van der Waals surface area contributed by atoms with Gasteiger partial charge < -0.3 is 20.4 Å². The summed E-state index contributed by atoms with van der Waals surface area (Å²) in [5.74, 6) is 0. The van der Waals surface area contributed by atoms with Crippen LogP contribution in [-0.4, -0.2) is 50.2 Å². The Morgan fingerprint density at radius 1 is 1.37 bits per heavy atom. The average Bonchev–Trinajstić information content (AvgIpc) is 2.81. The number of nitrogens with zero attached hydrogens (tertiary/aromatic N) is 2. The Balaban J connectivity index is 1.78. The number of carbonyl (C=O) groups excluding carboxylic acids is 1. The molecule has 0 spiro atoms. The molecule has 0 radical (unpaired) electrons. The molecule has 2 N–H and O–H groups in total. The Bertz CT molecular complexity index is 476. The van der Waals surface area contributed by atoms with Crippen molar-refractivity contribution in [3.63, 3.8) is 0 Å². The van der Waals surface area contributed by atoms with Gasteiger partial charge in [-0.1, -0.05) is 18.2 Å². The van der Waals surface area contributed by atoms with Gasteiger partial charge in [-0.15, -0.1) is 0 Å². The predicted octanol–water partition coefficient (Wildman–Crippen LogP) is 0.620. The number of hydrogen-bond acceptors (Lipinski definition) is 3. The highest BCUT2D eigenvalue weighted by atomic mass is 16.2. The zero-order chi connectivity index (χ0) is 13.2. The van der Waals surface area contributed by atoms with E-state index in [1.165, 1.54) is 11.3 Å². The van der Waals surface area contributed by atoms with E-state index in [1.807, 2.05) is 11.9 Å². The monoisotopic (exact) mass is 260 g/mol. The highest BCUT2D eigenvalue weighted by Crippen LogP contribution is 2.24. The van der Waals surface area contributed by atoms with Gasteiger partial charge in [0.1, 0.15) is 0 Å². The zero-order valence-corrected chi connectivity index (χ0v) is 11.2. The van der Waals surface area contributed by atoms with Crippen LogP contribution in [0.15, 0.2) is 24.3 Å². The van der Waals surface area contributed by atoms with E-state index < -0.39 is 0 Å². The summed E-state index contributed by atoms with van der Waals surface area (Å²) in [4.78, 5) is 16.0. The summed E-state index contributed by atoms with van der Waals surface area (Å²) < 4.78 is 0. The lowest BCUT2D eigenvalue weighted by Gasteiger charge is -2.38. The number of piperazine rings is 1. The topological polar surface area (TPSA) is 47.6 Å². The van der Waals surface area contributed by atoms with E-state index in [0.29, 0.717) is 6.04 Å². The van der Waals surface area contributed by atoms with Gasteiger partial charge in [-0.3, -0.25) is 0 Å². The summed E-state index contributed by atoms with van der Waals surface area (Å²) in [5.41, 5.74) is 2.60. The molecular weight excluding hydrogens is 240 g/mol. The molecule has 2 saturated heterocycles. The van der Waals surface area contributed by atoms with E-state index in [9.17, 15) is 4.79 Å². The maximum atomic E-state index is 11.6. The van der Waals surface area contributed by atoms with Crippen LogP contribution >= 0.6 is 0 Å². The maximum Gasteiger partial charge on any atom is 0.317 e. The standard InChI is InChI=1S/C14H20N4O/c1-15-8-11-4-2-3-5-13(11)17-6-7-18-12(10-17)9-16-14(18)19/h2-5,12,15H,6-10H2,1H3,(H,16,19). The maximum absolute atomic E-state index is 11.6. The van der Waals surface area contributed by atoms with Crippen LogP contribution in [0, 0.1) is 0 Å². The molecule has 2 aliphatic heterocycles. The Hall–Kier alpha value is -1.75. The third-order valence-electron chi connectivity index (χ3n) is 3.93. The summed E-state index contributed by atoms with van der Waals surface area (Å²) in [5, 5.41) is 6.13. The van der Waals surface area contributed by atoms with Crippen molar-refractivity contribution in [1.29, 1.82) is 0 Å². The smallest absolute Gasteiger partial charge is 0.317 e. The lowest BCUT2D eigenvalue weighted by Crippen LogP contribution is -2.52. The number of nitrogens with one attached hydrogen (secondary N) is 2. The number of benzene rings is 1. The highest BCUT2D eigenvalue weighted by molar-refractivity contribution is 5.77. The van der Waals surface area contributed by atoms with Crippen molar-refractivity contribution in [2.45, 2.75) is 12.6 Å². The summed E-state index contributed by atoms with van der Waals surface area (Å²) in [6.07, 6.45) is 0. The Kier molecular flexibility index (Phi) is 3.29. The fourth-order valence-corrected chi connectivity index (χ4v) is 2.98. The van der Waals surface area contributed by atoms with Crippen LogP contribution in [0.5, 0.6) is 0 Å². The molecule has 102 valence electrons. The molecule has 2 fully saturated rings. The number of hydrogen-bond donors (Lipinski definition) is 2. The predicted molar refractivity (Wildman–Crippen MR) is 75.3 cm³/mol. The van der Waals surface area contributed by atoms with Crippen molar-refractivity contribution in [3.05, 3.63) is 29.8 Å². The minimum absolute atomic E-state index is 0.0909. The van der Waals surface area contributed by atoms with Crippen molar-refractivity contribution in [2.75, 3.05) is 38.1 Å². The lowest BCUT2D eigenvalue weighted by molar-refractivity contribution is 0.197. The van der Waals surface area contributed by atoms with E-state index >= 15 is 0 Å². The van der Waals surface area contributed by atoms with Crippen LogP contribution in [0.2, 0.25) is 0 Å². The minimum atomic E-state index is 0.0909. The van der Waals surface area contributed by atoms with Crippen LogP contribution in [0.4, 0.5) is 10.5 Å². The Morgan fingerprint density at radius 3 is 3.05 bits per heavy atom. The summed E-state index contributed by atoms with van der Waals surface area (Å²) in [6, 6.07) is 8.89. The summed E-state index contributed by atoms with van der Waals surface area (Å²) in [7, 11) is 1.97. The number of anilines is 1. The first-order valence-corrected chi connectivity index (χ1v) is 6.81. The van der Waals surface area contributed by atoms with Crippen molar-refractivity contribution in [1.82, 2.24) is 15.5 Å². The fourth-order valence-electron chi connectivity index (χ4n) is 2.98. The van der Waals surface area contributed by atoms with E-state index in [-0.39, 0.29) is 6.03 Å². The van der Waals surface area contributed by atoms with Crippen LogP contribution in [0.3, 0.4) is 0 Å². The van der Waals surface area contributed by atoms with Gasteiger partial charge >= 0.3 is 6.03 Å². The van der Waals surface area contributed by atoms with Gasteiger partial charge in [-0.25, -0.2) is 4.79 Å². The van der Waals surface area contributed by atoms with E-state index in [4.69, 9.17) is 0 Å². The van der Waals surface area contributed by atoms with Crippen molar-refractivity contribution in [2.24, 2.45) is 0 Å². The molecule has 3 rings (SSSR count). The van der Waals surface area contributed by atoms with Gasteiger partial charge in [0.15, 0.2) is 0 Å². The molecule has 0 aliphatic carbocycles. The first kappa shape index (κ1) is 12.3. The van der Waals surface area contributed by atoms with Crippen LogP contribution in [-0.2, 0) is 6.54 Å². The van der Waals surface area contributed by atoms with Gasteiger partial charge in [-0.2, -0.15) is 0 Å². The molecule has 2 heterocycles. The van der Waals surface area contributed by atoms with Crippen LogP contribution < -0.4 is 15.5 Å². The number of amides is 2. The molecule has 1 aromatic carbocycles. The molecule has 5 heteroatoms. The average molecular weight is 260 g/mol. The van der Waals surface area contributed by atoms with Crippen LogP contribution in [0.25, 0.3) is 0 Å². The molecule has 1 aromatic rings. The second-order valence-electron chi connectivity index (χ2n) is 5.14. The normalized spacial score (nSPS) is 22.4. The highest BCUT2D eigenvalue weighted by Gasteiger charge is 2.35. The first-order valence-electron chi connectivity index (χ1n) is 6.81. The van der Waals surface area contributed by atoms with E-state index in [1.54, 1.807) is 0 Å². The number of fused-ring (bicyclic) bond motifs is 1. The molecule has 19 heavy (non-hydrogen) atoms. The number of urea groups is 1. The largest absolute Gasteiger partial charge is 0.367 e. The van der Waals surface area contributed by atoms with Gasteiger partial charge in [-0.05, 0) is 18.7 Å². The van der Waals surface area contributed by atoms with Crippen molar-refractivity contribution in [3.8, 4) is 0 Å². The van der Waals surface area contributed by atoms with Crippen molar-refractivity contribution < 1.29 is 4.79 Å². The molecule has 0 bridgehead atoms. The number of para-hydroxylation sites is 1. The number of carbonyl (C=O) groups is 1. The van der Waals surface area contributed by atoms with Gasteiger partial charge in [0.25, 0.3) is 0 Å². The minimum Gasteiger partial charge on any atom is -0.367 e. The molecular formula is C14H20N4O. The first-order chi connectivity index (χ1) is 9.29.